The lowest BCUT2D eigenvalue weighted by atomic mass is 10.0. The number of ether oxygens (including phenoxy) is 2. The molecule has 16 heteroatoms. The standard InChI is InChI=1S/C36H38F2N6O7S/c37-24-11-10-22(26-19-52-36(41-26)43-20-8-9-21(43)17-50-16-20)32(31(24)38)51-18-29(46)40-15-4-2-1-3-14-39-25-7-5-6-23-30(25)35(49)44(34(23)48)27-12-13-28(45)42-33(27)47/h5-7,10-11,19-21,27,39H,1-4,8-9,12-18H2,(H,40,46)(H,42,45,47). The summed E-state index contributed by atoms with van der Waals surface area (Å²) in [5.74, 6) is -5.30. The quantitative estimate of drug-likeness (QED) is 0.163. The van der Waals surface area contributed by atoms with Gasteiger partial charge in [0.1, 0.15) is 6.04 Å². The Bertz CT molecular complexity index is 1890. The van der Waals surface area contributed by atoms with Crippen LogP contribution in [0.4, 0.5) is 19.6 Å². The number of piperidine rings is 1. The van der Waals surface area contributed by atoms with E-state index in [1.54, 1.807) is 23.6 Å². The Hall–Kier alpha value is -4.96. The number of nitrogens with zero attached hydrogens (tertiary/aromatic N) is 3. The number of hydrogen-bond acceptors (Lipinski definition) is 11. The van der Waals surface area contributed by atoms with Gasteiger partial charge in [-0.3, -0.25) is 34.2 Å². The molecule has 2 aromatic carbocycles. The highest BCUT2D eigenvalue weighted by atomic mass is 32.1. The maximum atomic E-state index is 14.9. The number of carbonyl (C=O) groups excluding carboxylic acids is 5. The van der Waals surface area contributed by atoms with Gasteiger partial charge in [-0.2, -0.15) is 4.39 Å². The normalized spacial score (nSPS) is 21.0. The van der Waals surface area contributed by atoms with Crippen LogP contribution in [0.15, 0.2) is 35.7 Å². The molecule has 13 nitrogen and oxygen atoms in total. The van der Waals surface area contributed by atoms with E-state index in [1.807, 2.05) is 0 Å². The number of halogens is 2. The minimum atomic E-state index is -1.18. The highest BCUT2D eigenvalue weighted by molar-refractivity contribution is 7.14. The van der Waals surface area contributed by atoms with Gasteiger partial charge in [0.05, 0.1) is 42.1 Å². The van der Waals surface area contributed by atoms with Crippen molar-refractivity contribution in [1.82, 2.24) is 20.5 Å². The molecule has 4 aliphatic heterocycles. The van der Waals surface area contributed by atoms with Crippen molar-refractivity contribution in [2.24, 2.45) is 0 Å². The minimum Gasteiger partial charge on any atom is -0.480 e. The maximum absolute atomic E-state index is 14.9. The first-order valence-electron chi connectivity index (χ1n) is 17.5. The third-order valence-corrected chi connectivity index (χ3v) is 10.7. The van der Waals surface area contributed by atoms with Crippen LogP contribution in [0.3, 0.4) is 0 Å². The van der Waals surface area contributed by atoms with Crippen LogP contribution in [0.25, 0.3) is 11.3 Å². The average Bonchev–Trinajstić information content (AvgIpc) is 3.78. The molecule has 0 aliphatic carbocycles. The van der Waals surface area contributed by atoms with Crippen LogP contribution < -0.4 is 25.6 Å². The van der Waals surface area contributed by atoms with Crippen LogP contribution in [0, 0.1) is 11.6 Å². The van der Waals surface area contributed by atoms with Crippen LogP contribution in [-0.2, 0) is 19.1 Å². The molecule has 3 aromatic rings. The molecule has 3 atom stereocenters. The highest BCUT2D eigenvalue weighted by Gasteiger charge is 2.45. The van der Waals surface area contributed by atoms with Crippen molar-refractivity contribution in [2.45, 2.75) is 69.5 Å². The lowest BCUT2D eigenvalue weighted by Gasteiger charge is -2.34. The molecule has 0 saturated carbocycles. The van der Waals surface area contributed by atoms with Crippen molar-refractivity contribution in [3.05, 3.63) is 58.5 Å². The van der Waals surface area contributed by atoms with Gasteiger partial charge in [-0.1, -0.05) is 18.9 Å². The van der Waals surface area contributed by atoms with E-state index in [-0.39, 0.29) is 47.4 Å². The number of benzene rings is 2. The number of nitrogens with one attached hydrogen (secondary N) is 3. The van der Waals surface area contributed by atoms with Gasteiger partial charge in [0.15, 0.2) is 23.3 Å². The van der Waals surface area contributed by atoms with Crippen molar-refractivity contribution in [3.63, 3.8) is 0 Å². The van der Waals surface area contributed by atoms with Gasteiger partial charge in [0.2, 0.25) is 17.6 Å². The van der Waals surface area contributed by atoms with Crippen LogP contribution in [0.1, 0.15) is 72.1 Å². The van der Waals surface area contributed by atoms with Gasteiger partial charge in [0.25, 0.3) is 17.7 Å². The summed E-state index contributed by atoms with van der Waals surface area (Å²) in [6.45, 7) is 1.66. The Labute approximate surface area is 302 Å². The topological polar surface area (TPSA) is 159 Å². The monoisotopic (exact) mass is 736 g/mol. The molecule has 0 radical (unpaired) electrons. The van der Waals surface area contributed by atoms with E-state index < -0.39 is 53.8 Å². The van der Waals surface area contributed by atoms with E-state index in [0.717, 1.165) is 48.2 Å². The number of fused-ring (bicyclic) bond motifs is 3. The van der Waals surface area contributed by atoms with Crippen LogP contribution in [-0.4, -0.2) is 90.5 Å². The molecule has 5 heterocycles. The fraction of sp³-hybridized carbons (Fsp3) is 0.444. The average molecular weight is 737 g/mol. The largest absolute Gasteiger partial charge is 0.480 e. The summed E-state index contributed by atoms with van der Waals surface area (Å²) in [6, 6.07) is 6.81. The number of aromatic nitrogens is 1. The molecule has 7 rings (SSSR count). The maximum Gasteiger partial charge on any atom is 0.264 e. The summed E-state index contributed by atoms with van der Waals surface area (Å²) in [7, 11) is 0. The summed E-state index contributed by atoms with van der Waals surface area (Å²) in [4.78, 5) is 70.7. The molecule has 4 aliphatic rings. The van der Waals surface area contributed by atoms with Gasteiger partial charge in [-0.05, 0) is 56.4 Å². The summed E-state index contributed by atoms with van der Waals surface area (Å²) >= 11 is 1.43. The van der Waals surface area contributed by atoms with Crippen molar-refractivity contribution in [3.8, 4) is 17.0 Å². The Morgan fingerprint density at radius 2 is 1.73 bits per heavy atom. The minimum absolute atomic E-state index is 0.0491. The Morgan fingerprint density at radius 3 is 2.50 bits per heavy atom. The first kappa shape index (κ1) is 35.4. The number of morpholine rings is 1. The van der Waals surface area contributed by atoms with Gasteiger partial charge >= 0.3 is 0 Å². The number of amides is 5. The Balaban J connectivity index is 0.842. The molecule has 1 aromatic heterocycles. The molecule has 52 heavy (non-hydrogen) atoms. The second-order valence-corrected chi connectivity index (χ2v) is 14.1. The molecule has 0 spiro atoms. The first-order chi connectivity index (χ1) is 25.2. The molecule has 3 saturated heterocycles. The number of unbranched alkanes of at least 4 members (excludes halogenated alkanes) is 3. The zero-order chi connectivity index (χ0) is 36.4. The molecule has 3 N–H and O–H groups in total. The fourth-order valence-corrected chi connectivity index (χ4v) is 8.20. The number of rotatable bonds is 14. The van der Waals surface area contributed by atoms with E-state index in [1.165, 1.54) is 17.4 Å². The van der Waals surface area contributed by atoms with Crippen molar-refractivity contribution < 1.29 is 42.2 Å². The lowest BCUT2D eigenvalue weighted by Crippen LogP contribution is -2.54. The van der Waals surface area contributed by atoms with E-state index in [9.17, 15) is 32.8 Å². The number of carbonyl (C=O) groups is 5. The molecule has 5 amide bonds. The predicted molar refractivity (Wildman–Crippen MR) is 186 cm³/mol. The SMILES string of the molecule is O=C(COc1c(-c2csc(N3C4CCC3COC4)n2)ccc(F)c1F)NCCCCCCNc1cccc2c1C(=O)N(C1CCC(=O)NC1=O)C2=O. The fourth-order valence-electron chi connectivity index (χ4n) is 7.23. The summed E-state index contributed by atoms with van der Waals surface area (Å²) in [5.41, 5.74) is 1.63. The molecule has 3 unspecified atom stereocenters. The third-order valence-electron chi connectivity index (χ3n) is 9.84. The number of imide groups is 2. The molecular weight excluding hydrogens is 698 g/mol. The summed E-state index contributed by atoms with van der Waals surface area (Å²) in [5, 5.41) is 10.7. The number of anilines is 2. The molecular formula is C36H38F2N6O7S. The van der Waals surface area contributed by atoms with Crippen LogP contribution in [0.2, 0.25) is 0 Å². The zero-order valence-corrected chi connectivity index (χ0v) is 29.1. The highest BCUT2D eigenvalue weighted by Crippen LogP contribution is 2.40. The summed E-state index contributed by atoms with van der Waals surface area (Å²) in [6.07, 6.45) is 5.18. The zero-order valence-electron chi connectivity index (χ0n) is 28.3. The smallest absolute Gasteiger partial charge is 0.264 e. The van der Waals surface area contributed by atoms with Gasteiger partial charge < -0.3 is 25.0 Å². The van der Waals surface area contributed by atoms with Crippen LogP contribution in [0.5, 0.6) is 5.75 Å². The van der Waals surface area contributed by atoms with Gasteiger partial charge in [-0.15, -0.1) is 11.3 Å². The van der Waals surface area contributed by atoms with Crippen molar-refractivity contribution in [1.29, 1.82) is 0 Å². The summed E-state index contributed by atoms with van der Waals surface area (Å²) < 4.78 is 40.4. The first-order valence-corrected chi connectivity index (χ1v) is 18.4. The van der Waals surface area contributed by atoms with Crippen molar-refractivity contribution >= 4 is 51.7 Å². The third kappa shape index (κ3) is 7.08. The van der Waals surface area contributed by atoms with E-state index >= 15 is 0 Å². The Kier molecular flexibility index (Phi) is 10.5. The van der Waals surface area contributed by atoms with E-state index in [0.29, 0.717) is 44.1 Å². The van der Waals surface area contributed by atoms with Gasteiger partial charge in [-0.25, -0.2) is 9.37 Å². The lowest BCUT2D eigenvalue weighted by molar-refractivity contribution is -0.136. The predicted octanol–water partition coefficient (Wildman–Crippen LogP) is 4.02. The van der Waals surface area contributed by atoms with Crippen LogP contribution >= 0.6 is 11.3 Å². The molecule has 3 fully saturated rings. The number of hydrogen-bond donors (Lipinski definition) is 3. The van der Waals surface area contributed by atoms with E-state index in [2.05, 4.69) is 20.9 Å². The van der Waals surface area contributed by atoms with Crippen molar-refractivity contribution in [2.75, 3.05) is 43.1 Å². The van der Waals surface area contributed by atoms with Gasteiger partial charge in [0, 0.05) is 36.1 Å². The molecule has 274 valence electrons. The Morgan fingerprint density at radius 1 is 0.962 bits per heavy atom. The molecule has 2 bridgehead atoms. The number of thiazole rings is 1. The second kappa shape index (κ2) is 15.3. The van der Waals surface area contributed by atoms with E-state index in [4.69, 9.17) is 14.5 Å². The second-order valence-electron chi connectivity index (χ2n) is 13.2.